The van der Waals surface area contributed by atoms with Crippen molar-refractivity contribution in [3.8, 4) is 0 Å². The maximum atomic E-state index is 11.1. The highest BCUT2D eigenvalue weighted by atomic mass is 16.5. The molecule has 1 rings (SSSR count). The summed E-state index contributed by atoms with van der Waals surface area (Å²) in [5.41, 5.74) is 7.49. The minimum Gasteiger partial charge on any atom is -0.491 e. The van der Waals surface area contributed by atoms with Gasteiger partial charge in [-0.3, -0.25) is 4.79 Å². The Morgan fingerprint density at radius 1 is 1.12 bits per heavy atom. The Bertz CT molecular complexity index is 583. The molecule has 0 N–H and O–H groups in total. The Kier molecular flexibility index (Phi) is 9.65. The van der Waals surface area contributed by atoms with Crippen molar-refractivity contribution in [3.05, 3.63) is 45.3 Å². The van der Waals surface area contributed by atoms with Crippen LogP contribution in [0.2, 0.25) is 0 Å². The molecule has 1 aliphatic rings. The third kappa shape index (κ3) is 5.81. The topological polar surface area (TPSA) is 26.3 Å². The van der Waals surface area contributed by atoms with Crippen LogP contribution in [0, 0.1) is 0 Å². The zero-order valence-electron chi connectivity index (χ0n) is 17.4. The lowest BCUT2D eigenvalue weighted by molar-refractivity contribution is -0.113. The van der Waals surface area contributed by atoms with Crippen LogP contribution in [0.25, 0.3) is 0 Å². The molecule has 1 heterocycles. The third-order valence-electron chi connectivity index (χ3n) is 5.02. The molecular weight excluding hydrogens is 296 g/mol. The molecule has 0 aliphatic carbocycles. The van der Waals surface area contributed by atoms with Crippen molar-refractivity contribution in [1.29, 1.82) is 0 Å². The Morgan fingerprint density at radius 3 is 2.04 bits per heavy atom. The minimum atomic E-state index is 0.174. The largest absolute Gasteiger partial charge is 0.491 e. The molecule has 0 radical (unpaired) electrons. The Morgan fingerprint density at radius 2 is 1.67 bits per heavy atom. The van der Waals surface area contributed by atoms with Crippen molar-refractivity contribution in [2.24, 2.45) is 0 Å². The van der Waals surface area contributed by atoms with Crippen molar-refractivity contribution in [2.45, 2.75) is 88.2 Å². The molecule has 0 bridgehead atoms. The highest BCUT2D eigenvalue weighted by molar-refractivity contribution is 5.94. The van der Waals surface area contributed by atoms with Gasteiger partial charge in [-0.2, -0.15) is 0 Å². The number of hydrogen-bond donors (Lipinski definition) is 0. The summed E-state index contributed by atoms with van der Waals surface area (Å²) in [5.74, 6) is 1.26. The molecule has 1 atom stereocenters. The highest BCUT2D eigenvalue weighted by Crippen LogP contribution is 2.30. The van der Waals surface area contributed by atoms with Gasteiger partial charge in [0.25, 0.3) is 0 Å². The molecule has 24 heavy (non-hydrogen) atoms. The van der Waals surface area contributed by atoms with Gasteiger partial charge in [-0.1, -0.05) is 25.5 Å². The van der Waals surface area contributed by atoms with Gasteiger partial charge in [0, 0.05) is 0 Å². The second-order valence-corrected chi connectivity index (χ2v) is 6.44. The Balaban J connectivity index is 0.000000441. The second-order valence-electron chi connectivity index (χ2n) is 6.44. The van der Waals surface area contributed by atoms with Crippen molar-refractivity contribution in [1.82, 2.24) is 0 Å². The van der Waals surface area contributed by atoms with E-state index in [0.717, 1.165) is 24.2 Å². The van der Waals surface area contributed by atoms with E-state index in [1.54, 1.807) is 6.92 Å². The van der Waals surface area contributed by atoms with Gasteiger partial charge in [-0.25, -0.2) is 0 Å². The smallest absolute Gasteiger partial charge is 0.155 e. The zero-order chi connectivity index (χ0) is 19.0. The monoisotopic (exact) mass is 332 g/mol. The van der Waals surface area contributed by atoms with E-state index >= 15 is 0 Å². The van der Waals surface area contributed by atoms with Crippen LogP contribution in [-0.4, -0.2) is 11.9 Å². The Labute approximate surface area is 149 Å². The first kappa shape index (κ1) is 22.4. The number of carbonyl (C=O) groups is 1. The number of allylic oxidation sites excluding steroid dienone is 7. The van der Waals surface area contributed by atoms with Crippen LogP contribution in [0.3, 0.4) is 0 Å². The molecule has 0 saturated carbocycles. The van der Waals surface area contributed by atoms with Crippen LogP contribution in [0.5, 0.6) is 0 Å². The SMILES string of the molecule is C/C=C(C)/C(CC)=C(/C)C(C)=O.CCC1=C(C)C(C)OC(C)=C1C. The molecular formula is C22H36O2. The average molecular weight is 333 g/mol. The van der Waals surface area contributed by atoms with Crippen LogP contribution in [0.4, 0.5) is 0 Å². The summed E-state index contributed by atoms with van der Waals surface area (Å²) in [4.78, 5) is 11.1. The molecule has 0 aromatic rings. The lowest BCUT2D eigenvalue weighted by atomic mass is 9.94. The average Bonchev–Trinajstić information content (AvgIpc) is 2.54. The summed E-state index contributed by atoms with van der Waals surface area (Å²) < 4.78 is 5.66. The van der Waals surface area contributed by atoms with Crippen molar-refractivity contribution >= 4 is 5.78 Å². The first-order valence-corrected chi connectivity index (χ1v) is 9.00. The second kappa shape index (κ2) is 10.3. The van der Waals surface area contributed by atoms with Gasteiger partial charge in [-0.05, 0) is 96.1 Å². The van der Waals surface area contributed by atoms with Gasteiger partial charge < -0.3 is 4.74 Å². The lowest BCUT2D eigenvalue weighted by Gasteiger charge is -2.26. The van der Waals surface area contributed by atoms with E-state index in [2.05, 4.69) is 34.6 Å². The van der Waals surface area contributed by atoms with E-state index < -0.39 is 0 Å². The highest BCUT2D eigenvalue weighted by Gasteiger charge is 2.18. The number of ether oxygens (including phenoxy) is 1. The molecule has 0 spiro atoms. The predicted octanol–water partition coefficient (Wildman–Crippen LogP) is 6.69. The molecule has 0 fully saturated rings. The van der Waals surface area contributed by atoms with Gasteiger partial charge >= 0.3 is 0 Å². The molecule has 0 saturated heterocycles. The summed E-state index contributed by atoms with van der Waals surface area (Å²) in [6.07, 6.45) is 4.36. The molecule has 136 valence electrons. The van der Waals surface area contributed by atoms with Crippen LogP contribution < -0.4 is 0 Å². The van der Waals surface area contributed by atoms with E-state index in [0.29, 0.717) is 0 Å². The van der Waals surface area contributed by atoms with Gasteiger partial charge in [0.2, 0.25) is 0 Å². The first-order chi connectivity index (χ1) is 11.1. The standard InChI is InChI=1S/2C11H18O/c1-6-11-7(2)9(4)12-10(5)8(11)3;1-6-8(3)11(7-2)9(4)10(5)12/h9H,6H2,1-5H3;6H,7H2,1-5H3/b;8-6+,11-9-. The van der Waals surface area contributed by atoms with E-state index in [4.69, 9.17) is 4.74 Å². The van der Waals surface area contributed by atoms with Crippen LogP contribution in [-0.2, 0) is 9.53 Å². The molecule has 1 unspecified atom stereocenters. The molecule has 0 amide bonds. The quantitative estimate of drug-likeness (QED) is 0.423. The van der Waals surface area contributed by atoms with Crippen LogP contribution in [0.1, 0.15) is 82.1 Å². The van der Waals surface area contributed by atoms with Gasteiger partial charge in [0.15, 0.2) is 5.78 Å². The van der Waals surface area contributed by atoms with Crippen molar-refractivity contribution < 1.29 is 9.53 Å². The molecule has 2 nitrogen and oxygen atoms in total. The lowest BCUT2D eigenvalue weighted by Crippen LogP contribution is -2.16. The van der Waals surface area contributed by atoms with Gasteiger partial charge in [-0.15, -0.1) is 0 Å². The number of Topliss-reactive ketones (excluding diaryl/α,β-unsaturated/α-hetero) is 1. The summed E-state index contributed by atoms with van der Waals surface area (Å²) in [7, 11) is 0. The van der Waals surface area contributed by atoms with E-state index in [1.807, 2.05) is 33.8 Å². The molecule has 2 heteroatoms. The maximum absolute atomic E-state index is 11.1. The Hall–Kier alpha value is -1.57. The normalized spacial score (nSPS) is 19.4. The minimum absolute atomic E-state index is 0.174. The summed E-state index contributed by atoms with van der Waals surface area (Å²) >= 11 is 0. The fourth-order valence-electron chi connectivity index (χ4n) is 2.97. The molecule has 1 aliphatic heterocycles. The zero-order valence-corrected chi connectivity index (χ0v) is 17.4. The predicted molar refractivity (Wildman–Crippen MR) is 105 cm³/mol. The fraction of sp³-hybridized carbons (Fsp3) is 0.591. The number of carbonyl (C=O) groups excluding carboxylic acids is 1. The van der Waals surface area contributed by atoms with E-state index in [1.165, 1.54) is 27.9 Å². The van der Waals surface area contributed by atoms with Gasteiger partial charge in [0.1, 0.15) is 6.10 Å². The first-order valence-electron chi connectivity index (χ1n) is 9.00. The third-order valence-corrected chi connectivity index (χ3v) is 5.02. The fourth-order valence-corrected chi connectivity index (χ4v) is 2.97. The summed E-state index contributed by atoms with van der Waals surface area (Å²) in [6.45, 7) is 20.3. The van der Waals surface area contributed by atoms with E-state index in [-0.39, 0.29) is 11.9 Å². The van der Waals surface area contributed by atoms with Crippen LogP contribution in [0.15, 0.2) is 45.3 Å². The summed E-state index contributed by atoms with van der Waals surface area (Å²) in [5, 5.41) is 0. The molecule has 0 aromatic heterocycles. The van der Waals surface area contributed by atoms with Crippen molar-refractivity contribution in [3.63, 3.8) is 0 Å². The van der Waals surface area contributed by atoms with E-state index in [9.17, 15) is 4.79 Å². The van der Waals surface area contributed by atoms with Crippen LogP contribution >= 0.6 is 0 Å². The van der Waals surface area contributed by atoms with Gasteiger partial charge in [0.05, 0.1) is 5.76 Å². The molecule has 0 aromatic carbocycles. The number of rotatable bonds is 4. The summed E-state index contributed by atoms with van der Waals surface area (Å²) in [6, 6.07) is 0. The van der Waals surface area contributed by atoms with Crippen molar-refractivity contribution in [2.75, 3.05) is 0 Å². The number of hydrogen-bond acceptors (Lipinski definition) is 2. The maximum Gasteiger partial charge on any atom is 0.155 e. The number of ketones is 1.